The second kappa shape index (κ2) is 8.59. The molecule has 2 heterocycles. The molecule has 0 radical (unpaired) electrons. The lowest BCUT2D eigenvalue weighted by molar-refractivity contribution is -0.122. The van der Waals surface area contributed by atoms with Gasteiger partial charge in [-0.15, -0.1) is 0 Å². The fraction of sp³-hybridized carbons (Fsp3) is 0.500. The molecule has 1 atom stereocenters. The molecule has 1 aliphatic carbocycles. The summed E-state index contributed by atoms with van der Waals surface area (Å²) in [5, 5.41) is 10.4. The Morgan fingerprint density at radius 2 is 1.93 bits per heavy atom. The van der Waals surface area contributed by atoms with Crippen molar-refractivity contribution in [3.63, 3.8) is 0 Å². The van der Waals surface area contributed by atoms with E-state index in [0.29, 0.717) is 31.5 Å². The van der Waals surface area contributed by atoms with Crippen molar-refractivity contribution >= 4 is 11.8 Å². The molecule has 1 aliphatic heterocycles. The van der Waals surface area contributed by atoms with E-state index in [0.717, 1.165) is 23.6 Å². The zero-order valence-corrected chi connectivity index (χ0v) is 16.2. The van der Waals surface area contributed by atoms with Gasteiger partial charge in [0.1, 0.15) is 0 Å². The molecular weight excluding hydrogens is 352 g/mol. The number of nitrogens with one attached hydrogen (secondary N) is 2. The second-order valence-corrected chi connectivity index (χ2v) is 8.01. The molecule has 2 aromatic rings. The van der Waals surface area contributed by atoms with E-state index in [1.165, 1.54) is 25.7 Å². The maximum Gasteiger partial charge on any atom is 0.255 e. The molecule has 2 aliphatic rings. The van der Waals surface area contributed by atoms with Gasteiger partial charge in [-0.2, -0.15) is 5.10 Å². The van der Waals surface area contributed by atoms with E-state index in [1.54, 1.807) is 6.20 Å². The van der Waals surface area contributed by atoms with Gasteiger partial charge in [0.15, 0.2) is 0 Å². The number of rotatable bonds is 7. The summed E-state index contributed by atoms with van der Waals surface area (Å²) in [6.07, 6.45) is 9.05. The van der Waals surface area contributed by atoms with Gasteiger partial charge >= 0.3 is 0 Å². The van der Waals surface area contributed by atoms with Crippen LogP contribution in [0.1, 0.15) is 60.1 Å². The molecule has 1 aromatic carbocycles. The molecule has 0 saturated heterocycles. The standard InChI is InChI=1S/C22H28N4O2/c27-21(11-10-16-6-4-5-7-16)25-18-12-20-19(14-24-26(20)15-18)22(28)23-13-17-8-2-1-3-9-17/h1-3,8-9,14,16,18H,4-7,10-13,15H2,(H,23,28)(H,25,27). The van der Waals surface area contributed by atoms with E-state index >= 15 is 0 Å². The summed E-state index contributed by atoms with van der Waals surface area (Å²) in [6.45, 7) is 1.13. The van der Waals surface area contributed by atoms with Crippen molar-refractivity contribution in [3.05, 3.63) is 53.3 Å². The highest BCUT2D eigenvalue weighted by Crippen LogP contribution is 2.28. The number of hydrogen-bond acceptors (Lipinski definition) is 3. The first-order valence-corrected chi connectivity index (χ1v) is 10.3. The summed E-state index contributed by atoms with van der Waals surface area (Å²) >= 11 is 0. The molecule has 1 saturated carbocycles. The van der Waals surface area contributed by atoms with E-state index in [1.807, 2.05) is 35.0 Å². The van der Waals surface area contributed by atoms with Crippen LogP contribution in [0.3, 0.4) is 0 Å². The first-order valence-electron chi connectivity index (χ1n) is 10.3. The van der Waals surface area contributed by atoms with Crippen LogP contribution in [0.4, 0.5) is 0 Å². The number of benzene rings is 1. The number of carbonyl (C=O) groups is 2. The third-order valence-corrected chi connectivity index (χ3v) is 5.94. The van der Waals surface area contributed by atoms with Crippen molar-refractivity contribution in [1.82, 2.24) is 20.4 Å². The average molecular weight is 380 g/mol. The minimum absolute atomic E-state index is 0.0282. The zero-order valence-electron chi connectivity index (χ0n) is 16.2. The van der Waals surface area contributed by atoms with Crippen molar-refractivity contribution in [2.75, 3.05) is 0 Å². The molecular formula is C22H28N4O2. The Hall–Kier alpha value is -2.63. The van der Waals surface area contributed by atoms with Crippen molar-refractivity contribution in [3.8, 4) is 0 Å². The first-order chi connectivity index (χ1) is 13.7. The minimum Gasteiger partial charge on any atom is -0.351 e. The van der Waals surface area contributed by atoms with Gasteiger partial charge in [0.2, 0.25) is 5.91 Å². The number of carbonyl (C=O) groups excluding carboxylic acids is 2. The third kappa shape index (κ3) is 4.43. The van der Waals surface area contributed by atoms with Crippen LogP contribution in [0.25, 0.3) is 0 Å². The number of amides is 2. The molecule has 6 heteroatoms. The molecule has 2 amide bonds. The van der Waals surface area contributed by atoms with E-state index in [2.05, 4.69) is 15.7 Å². The van der Waals surface area contributed by atoms with Crippen LogP contribution in [-0.2, 0) is 24.3 Å². The summed E-state index contributed by atoms with van der Waals surface area (Å²) in [5.41, 5.74) is 2.58. The van der Waals surface area contributed by atoms with Crippen molar-refractivity contribution in [2.45, 2.75) is 64.1 Å². The summed E-state index contributed by atoms with van der Waals surface area (Å²) in [7, 11) is 0. The largest absolute Gasteiger partial charge is 0.351 e. The Morgan fingerprint density at radius 3 is 2.71 bits per heavy atom. The van der Waals surface area contributed by atoms with Gasteiger partial charge in [0.25, 0.3) is 5.91 Å². The summed E-state index contributed by atoms with van der Waals surface area (Å²) in [5.74, 6) is 0.737. The molecule has 0 bridgehead atoms. The molecule has 4 rings (SSSR count). The van der Waals surface area contributed by atoms with E-state index < -0.39 is 0 Å². The van der Waals surface area contributed by atoms with Gasteiger partial charge in [-0.1, -0.05) is 56.0 Å². The fourth-order valence-corrected chi connectivity index (χ4v) is 4.38. The minimum atomic E-state index is -0.113. The quantitative estimate of drug-likeness (QED) is 0.775. The monoisotopic (exact) mass is 380 g/mol. The van der Waals surface area contributed by atoms with E-state index in [9.17, 15) is 9.59 Å². The molecule has 148 valence electrons. The molecule has 0 spiro atoms. The lowest BCUT2D eigenvalue weighted by Crippen LogP contribution is -2.36. The fourth-order valence-electron chi connectivity index (χ4n) is 4.38. The average Bonchev–Trinajstić information content (AvgIpc) is 3.42. The highest BCUT2D eigenvalue weighted by molar-refractivity contribution is 5.95. The molecule has 1 aromatic heterocycles. The Labute approximate surface area is 165 Å². The molecule has 1 fully saturated rings. The van der Waals surface area contributed by atoms with E-state index in [-0.39, 0.29) is 17.9 Å². The van der Waals surface area contributed by atoms with Gasteiger partial charge < -0.3 is 10.6 Å². The lowest BCUT2D eigenvalue weighted by Gasteiger charge is -2.13. The topological polar surface area (TPSA) is 76.0 Å². The van der Waals surface area contributed by atoms with E-state index in [4.69, 9.17) is 0 Å². The molecule has 28 heavy (non-hydrogen) atoms. The summed E-state index contributed by atoms with van der Waals surface area (Å²) in [6, 6.07) is 9.87. The maximum absolute atomic E-state index is 12.6. The number of hydrogen-bond donors (Lipinski definition) is 2. The van der Waals surface area contributed by atoms with Crippen LogP contribution in [0.2, 0.25) is 0 Å². The number of nitrogens with zero attached hydrogens (tertiary/aromatic N) is 2. The zero-order chi connectivity index (χ0) is 19.3. The number of fused-ring (bicyclic) bond motifs is 1. The first kappa shape index (κ1) is 18.7. The highest BCUT2D eigenvalue weighted by Gasteiger charge is 2.29. The lowest BCUT2D eigenvalue weighted by atomic mass is 10.0. The Bertz CT molecular complexity index is 824. The molecule has 1 unspecified atom stereocenters. The Kier molecular flexibility index (Phi) is 5.74. The normalized spacial score (nSPS) is 18.8. The molecule has 2 N–H and O–H groups in total. The van der Waals surface area contributed by atoms with Crippen LogP contribution < -0.4 is 10.6 Å². The van der Waals surface area contributed by atoms with Crippen molar-refractivity contribution in [2.24, 2.45) is 5.92 Å². The van der Waals surface area contributed by atoms with Crippen molar-refractivity contribution < 1.29 is 9.59 Å². The number of aromatic nitrogens is 2. The molecule has 6 nitrogen and oxygen atoms in total. The van der Waals surface area contributed by atoms with Crippen LogP contribution in [0, 0.1) is 5.92 Å². The highest BCUT2D eigenvalue weighted by atomic mass is 16.2. The van der Waals surface area contributed by atoms with Gasteiger partial charge in [-0.05, 0) is 17.9 Å². The van der Waals surface area contributed by atoms with Crippen LogP contribution >= 0.6 is 0 Å². The van der Waals surface area contributed by atoms with Gasteiger partial charge in [0, 0.05) is 19.4 Å². The predicted octanol–water partition coefficient (Wildman–Crippen LogP) is 2.82. The predicted molar refractivity (Wildman–Crippen MR) is 107 cm³/mol. The van der Waals surface area contributed by atoms with Gasteiger partial charge in [0.05, 0.1) is 30.0 Å². The Balaban J connectivity index is 1.27. The van der Waals surface area contributed by atoms with Crippen molar-refractivity contribution in [1.29, 1.82) is 0 Å². The SMILES string of the molecule is O=C(CCC1CCCC1)NC1Cc2c(C(=O)NCc3ccccc3)cnn2C1. The maximum atomic E-state index is 12.6. The summed E-state index contributed by atoms with van der Waals surface area (Å²) in [4.78, 5) is 24.9. The van der Waals surface area contributed by atoms with Gasteiger partial charge in [-0.25, -0.2) is 0 Å². The Morgan fingerprint density at radius 1 is 1.14 bits per heavy atom. The third-order valence-electron chi connectivity index (χ3n) is 5.94. The summed E-state index contributed by atoms with van der Waals surface area (Å²) < 4.78 is 1.85. The smallest absolute Gasteiger partial charge is 0.255 e. The van der Waals surface area contributed by atoms with Gasteiger partial charge in [-0.3, -0.25) is 14.3 Å². The van der Waals surface area contributed by atoms with Crippen LogP contribution in [0.5, 0.6) is 0 Å². The van der Waals surface area contributed by atoms with Crippen LogP contribution in [0.15, 0.2) is 36.5 Å². The second-order valence-electron chi connectivity index (χ2n) is 8.01. The van der Waals surface area contributed by atoms with Crippen LogP contribution in [-0.4, -0.2) is 27.6 Å².